The normalized spacial score (nSPS) is 13.5. The average molecular weight is 395 g/mol. The Labute approximate surface area is 169 Å². The summed E-state index contributed by atoms with van der Waals surface area (Å²) in [5.74, 6) is -1.98. The highest BCUT2D eigenvalue weighted by molar-refractivity contribution is 5.95. The van der Waals surface area contributed by atoms with Crippen LogP contribution in [0.4, 0.5) is 0 Å². The summed E-state index contributed by atoms with van der Waals surface area (Å²) in [5, 5.41) is 24.0. The molecule has 0 spiro atoms. The molecule has 0 saturated carbocycles. The number of hydrogen-bond donors (Lipinski definition) is 3. The lowest BCUT2D eigenvalue weighted by atomic mass is 10.0. The van der Waals surface area contributed by atoms with Crippen LogP contribution in [0.25, 0.3) is 22.1 Å². The number of carbonyl (C=O) groups is 2. The van der Waals surface area contributed by atoms with Gasteiger partial charge in [-0.25, -0.2) is 0 Å². The SMILES string of the molecule is CC(C)CC(NCC(C(=O)O)c1ccc(-c2cccc3ccccc23)o1)C(=O)O. The lowest BCUT2D eigenvalue weighted by Gasteiger charge is -2.18. The number of carboxylic acid groups (broad SMARTS) is 2. The molecule has 0 saturated heterocycles. The lowest BCUT2D eigenvalue weighted by Crippen LogP contribution is -2.41. The van der Waals surface area contributed by atoms with Gasteiger partial charge in [-0.05, 0) is 35.2 Å². The summed E-state index contributed by atoms with van der Waals surface area (Å²) >= 11 is 0. The first-order valence-corrected chi connectivity index (χ1v) is 9.63. The van der Waals surface area contributed by atoms with Gasteiger partial charge in [0.2, 0.25) is 0 Å². The molecule has 0 aliphatic heterocycles. The molecule has 0 aliphatic rings. The van der Waals surface area contributed by atoms with Crippen LogP contribution in [0.3, 0.4) is 0 Å². The van der Waals surface area contributed by atoms with E-state index in [-0.39, 0.29) is 12.5 Å². The van der Waals surface area contributed by atoms with Gasteiger partial charge in [-0.15, -0.1) is 0 Å². The van der Waals surface area contributed by atoms with Crippen LogP contribution in [0.1, 0.15) is 31.9 Å². The number of benzene rings is 2. The van der Waals surface area contributed by atoms with E-state index in [1.807, 2.05) is 56.3 Å². The molecule has 2 unspecified atom stereocenters. The highest BCUT2D eigenvalue weighted by atomic mass is 16.4. The van der Waals surface area contributed by atoms with Gasteiger partial charge in [-0.1, -0.05) is 56.3 Å². The highest BCUT2D eigenvalue weighted by Crippen LogP contribution is 2.32. The topological polar surface area (TPSA) is 99.8 Å². The molecule has 3 rings (SSSR count). The summed E-state index contributed by atoms with van der Waals surface area (Å²) in [6.45, 7) is 3.83. The van der Waals surface area contributed by atoms with Gasteiger partial charge in [0.15, 0.2) is 0 Å². The molecule has 6 heteroatoms. The van der Waals surface area contributed by atoms with Crippen molar-refractivity contribution in [3.05, 3.63) is 60.4 Å². The fourth-order valence-corrected chi connectivity index (χ4v) is 3.44. The summed E-state index contributed by atoms with van der Waals surface area (Å²) < 4.78 is 5.91. The number of hydrogen-bond acceptors (Lipinski definition) is 4. The van der Waals surface area contributed by atoms with E-state index in [4.69, 9.17) is 4.42 Å². The summed E-state index contributed by atoms with van der Waals surface area (Å²) in [4.78, 5) is 23.2. The molecule has 3 aromatic rings. The highest BCUT2D eigenvalue weighted by Gasteiger charge is 2.27. The third-order valence-corrected chi connectivity index (χ3v) is 4.90. The van der Waals surface area contributed by atoms with Crippen LogP contribution in [0.2, 0.25) is 0 Å². The summed E-state index contributed by atoms with van der Waals surface area (Å²) in [6, 6.07) is 16.4. The number of carboxylic acids is 2. The molecular weight excluding hydrogens is 370 g/mol. The van der Waals surface area contributed by atoms with E-state index in [2.05, 4.69) is 5.32 Å². The Kier molecular flexibility index (Phi) is 6.34. The fourth-order valence-electron chi connectivity index (χ4n) is 3.44. The van der Waals surface area contributed by atoms with Gasteiger partial charge in [0.25, 0.3) is 0 Å². The van der Waals surface area contributed by atoms with E-state index in [0.717, 1.165) is 16.3 Å². The van der Waals surface area contributed by atoms with Crippen LogP contribution >= 0.6 is 0 Å². The minimum absolute atomic E-state index is 0.0263. The summed E-state index contributed by atoms with van der Waals surface area (Å²) in [5.41, 5.74) is 0.884. The van der Waals surface area contributed by atoms with Crippen LogP contribution in [-0.4, -0.2) is 34.7 Å². The van der Waals surface area contributed by atoms with Gasteiger partial charge >= 0.3 is 11.9 Å². The number of furan rings is 1. The molecule has 29 heavy (non-hydrogen) atoms. The first kappa shape index (κ1) is 20.6. The fraction of sp³-hybridized carbons (Fsp3) is 0.304. The maximum atomic E-state index is 11.8. The number of fused-ring (bicyclic) bond motifs is 1. The molecule has 0 fully saturated rings. The summed E-state index contributed by atoms with van der Waals surface area (Å²) in [7, 11) is 0. The molecule has 0 radical (unpaired) electrons. The monoisotopic (exact) mass is 395 g/mol. The van der Waals surface area contributed by atoms with Gasteiger partial charge < -0.3 is 19.9 Å². The van der Waals surface area contributed by atoms with Crippen molar-refractivity contribution in [3.8, 4) is 11.3 Å². The smallest absolute Gasteiger partial charge is 0.320 e. The number of nitrogens with one attached hydrogen (secondary N) is 1. The lowest BCUT2D eigenvalue weighted by molar-refractivity contribution is -0.142. The molecule has 1 heterocycles. The number of aliphatic carboxylic acids is 2. The second-order valence-corrected chi connectivity index (χ2v) is 7.55. The maximum absolute atomic E-state index is 11.8. The Morgan fingerprint density at radius 2 is 1.69 bits per heavy atom. The largest absolute Gasteiger partial charge is 0.481 e. The van der Waals surface area contributed by atoms with E-state index in [1.165, 1.54) is 0 Å². The van der Waals surface area contributed by atoms with Crippen LogP contribution in [0.5, 0.6) is 0 Å². The van der Waals surface area contributed by atoms with Gasteiger partial charge in [-0.2, -0.15) is 0 Å². The van der Waals surface area contributed by atoms with Gasteiger partial charge in [0, 0.05) is 12.1 Å². The molecule has 3 N–H and O–H groups in total. The molecule has 0 bridgehead atoms. The minimum Gasteiger partial charge on any atom is -0.481 e. The molecule has 152 valence electrons. The minimum atomic E-state index is -1.06. The molecule has 1 aromatic heterocycles. The van der Waals surface area contributed by atoms with Crippen LogP contribution in [-0.2, 0) is 9.59 Å². The predicted molar refractivity (Wildman–Crippen MR) is 111 cm³/mol. The second kappa shape index (κ2) is 8.92. The zero-order valence-corrected chi connectivity index (χ0v) is 16.5. The number of rotatable bonds is 9. The van der Waals surface area contributed by atoms with E-state index >= 15 is 0 Å². The molecule has 0 aliphatic carbocycles. The van der Waals surface area contributed by atoms with Crippen molar-refractivity contribution >= 4 is 22.7 Å². The third-order valence-electron chi connectivity index (χ3n) is 4.90. The molecule has 6 nitrogen and oxygen atoms in total. The maximum Gasteiger partial charge on any atom is 0.320 e. The summed E-state index contributed by atoms with van der Waals surface area (Å²) in [6.07, 6.45) is 0.418. The Bertz CT molecular complexity index is 1000. The first-order valence-electron chi connectivity index (χ1n) is 9.63. The average Bonchev–Trinajstić information content (AvgIpc) is 3.15. The van der Waals surface area contributed by atoms with Crippen molar-refractivity contribution in [2.75, 3.05) is 6.54 Å². The van der Waals surface area contributed by atoms with Crippen molar-refractivity contribution < 1.29 is 24.2 Å². The van der Waals surface area contributed by atoms with E-state index in [0.29, 0.717) is 17.9 Å². The van der Waals surface area contributed by atoms with E-state index in [9.17, 15) is 19.8 Å². The zero-order valence-electron chi connectivity index (χ0n) is 16.5. The molecular formula is C23H25NO5. The standard InChI is InChI=1S/C23H25NO5/c1-14(2)12-19(23(27)28)24-13-18(22(25)26)21-11-10-20(29-21)17-9-5-7-15-6-3-4-8-16(15)17/h3-11,14,18-19,24H,12-13H2,1-2H3,(H,25,26)(H,27,28). The van der Waals surface area contributed by atoms with Crippen molar-refractivity contribution in [2.45, 2.75) is 32.2 Å². The van der Waals surface area contributed by atoms with Crippen LogP contribution in [0.15, 0.2) is 59.0 Å². The van der Waals surface area contributed by atoms with E-state index in [1.54, 1.807) is 12.1 Å². The Hall–Kier alpha value is -3.12. The van der Waals surface area contributed by atoms with Crippen molar-refractivity contribution in [3.63, 3.8) is 0 Å². The quantitative estimate of drug-likeness (QED) is 0.498. The van der Waals surface area contributed by atoms with Gasteiger partial charge in [0.1, 0.15) is 23.5 Å². The zero-order chi connectivity index (χ0) is 21.0. The van der Waals surface area contributed by atoms with Crippen LogP contribution < -0.4 is 5.32 Å². The van der Waals surface area contributed by atoms with Crippen molar-refractivity contribution in [1.29, 1.82) is 0 Å². The van der Waals surface area contributed by atoms with Crippen molar-refractivity contribution in [2.24, 2.45) is 5.92 Å². The molecule has 0 amide bonds. The molecule has 2 atom stereocenters. The van der Waals surface area contributed by atoms with Crippen LogP contribution in [0, 0.1) is 5.92 Å². The van der Waals surface area contributed by atoms with Gasteiger partial charge in [0.05, 0.1) is 0 Å². The Morgan fingerprint density at radius 1 is 0.966 bits per heavy atom. The van der Waals surface area contributed by atoms with Gasteiger partial charge in [-0.3, -0.25) is 9.59 Å². The second-order valence-electron chi connectivity index (χ2n) is 7.55. The Balaban J connectivity index is 1.84. The van der Waals surface area contributed by atoms with E-state index < -0.39 is 23.9 Å². The molecule has 2 aromatic carbocycles. The predicted octanol–water partition coefficient (Wildman–Crippen LogP) is 4.36. The third kappa shape index (κ3) is 4.84. The van der Waals surface area contributed by atoms with Crippen molar-refractivity contribution in [1.82, 2.24) is 5.32 Å². The Morgan fingerprint density at radius 3 is 2.38 bits per heavy atom. The first-order chi connectivity index (χ1) is 13.9.